The monoisotopic (exact) mass is 226 g/mol. The summed E-state index contributed by atoms with van der Waals surface area (Å²) in [6, 6.07) is 3.35. The molecular formula is C10H14N2O4. The van der Waals surface area contributed by atoms with Crippen molar-refractivity contribution in [2.24, 2.45) is 0 Å². The maximum absolute atomic E-state index is 10.3. The van der Waals surface area contributed by atoms with E-state index in [0.29, 0.717) is 23.6 Å². The van der Waals surface area contributed by atoms with Crippen molar-refractivity contribution in [3.8, 4) is 11.5 Å². The third-order valence-corrected chi connectivity index (χ3v) is 2.15. The summed E-state index contributed by atoms with van der Waals surface area (Å²) in [5, 5.41) is 10.3. The van der Waals surface area contributed by atoms with Crippen LogP contribution in [-0.4, -0.2) is 25.7 Å². The SMILES string of the molecule is COc1cc(CC[N+](=O)[O-])cc(N)c1OC. The van der Waals surface area contributed by atoms with Gasteiger partial charge in [-0.15, -0.1) is 0 Å². The van der Waals surface area contributed by atoms with Crippen molar-refractivity contribution in [3.63, 3.8) is 0 Å². The number of rotatable bonds is 5. The second-order valence-electron chi connectivity index (χ2n) is 3.23. The lowest BCUT2D eigenvalue weighted by Crippen LogP contribution is -2.05. The minimum absolute atomic E-state index is 0.130. The fraction of sp³-hybridized carbons (Fsp3) is 0.400. The summed E-state index contributed by atoms with van der Waals surface area (Å²) in [4.78, 5) is 9.89. The Hall–Kier alpha value is -1.98. The predicted octanol–water partition coefficient (Wildman–Crippen LogP) is 1.11. The second-order valence-corrected chi connectivity index (χ2v) is 3.23. The first-order valence-electron chi connectivity index (χ1n) is 4.70. The molecule has 0 saturated heterocycles. The lowest BCUT2D eigenvalue weighted by atomic mass is 10.1. The highest BCUT2D eigenvalue weighted by Gasteiger charge is 2.11. The first-order chi connectivity index (χ1) is 7.58. The Morgan fingerprint density at radius 2 is 2.06 bits per heavy atom. The van der Waals surface area contributed by atoms with Crippen LogP contribution >= 0.6 is 0 Å². The first-order valence-corrected chi connectivity index (χ1v) is 4.70. The third kappa shape index (κ3) is 2.75. The maximum atomic E-state index is 10.3. The fourth-order valence-corrected chi connectivity index (χ4v) is 1.42. The van der Waals surface area contributed by atoms with E-state index in [2.05, 4.69) is 0 Å². The maximum Gasteiger partial charge on any atom is 0.207 e. The molecule has 0 aliphatic carbocycles. The quantitative estimate of drug-likeness (QED) is 0.461. The standard InChI is InChI=1S/C10H14N2O4/c1-15-9-6-7(3-4-12(13)14)5-8(11)10(9)16-2/h5-6H,3-4,11H2,1-2H3. The lowest BCUT2D eigenvalue weighted by molar-refractivity contribution is -0.479. The fourth-order valence-electron chi connectivity index (χ4n) is 1.42. The topological polar surface area (TPSA) is 87.6 Å². The van der Waals surface area contributed by atoms with Gasteiger partial charge in [0.15, 0.2) is 11.5 Å². The number of nitro groups is 1. The molecule has 1 aromatic rings. The number of nitrogens with zero attached hydrogens (tertiary/aromatic N) is 1. The molecular weight excluding hydrogens is 212 g/mol. The van der Waals surface area contributed by atoms with Crippen LogP contribution in [-0.2, 0) is 6.42 Å². The number of anilines is 1. The van der Waals surface area contributed by atoms with Gasteiger partial charge in [-0.3, -0.25) is 10.1 Å². The molecule has 88 valence electrons. The number of nitrogen functional groups attached to an aromatic ring is 1. The molecule has 0 saturated carbocycles. The summed E-state index contributed by atoms with van der Waals surface area (Å²) >= 11 is 0. The van der Waals surface area contributed by atoms with Crippen LogP contribution in [0.5, 0.6) is 11.5 Å². The van der Waals surface area contributed by atoms with Gasteiger partial charge in [0.1, 0.15) is 0 Å². The third-order valence-electron chi connectivity index (χ3n) is 2.15. The zero-order chi connectivity index (χ0) is 12.1. The van der Waals surface area contributed by atoms with Crippen LogP contribution in [0.4, 0.5) is 5.69 Å². The number of hydrogen-bond donors (Lipinski definition) is 1. The highest BCUT2D eigenvalue weighted by molar-refractivity contribution is 5.62. The Kier molecular flexibility index (Phi) is 3.93. The van der Waals surface area contributed by atoms with E-state index in [0.717, 1.165) is 5.56 Å². The van der Waals surface area contributed by atoms with Crippen LogP contribution in [0.2, 0.25) is 0 Å². The smallest absolute Gasteiger partial charge is 0.207 e. The number of nitrogens with two attached hydrogens (primary N) is 1. The molecule has 0 unspecified atom stereocenters. The zero-order valence-corrected chi connectivity index (χ0v) is 9.23. The molecule has 6 nitrogen and oxygen atoms in total. The van der Waals surface area contributed by atoms with Crippen LogP contribution in [0.15, 0.2) is 12.1 Å². The van der Waals surface area contributed by atoms with E-state index < -0.39 is 0 Å². The molecule has 6 heteroatoms. The average Bonchev–Trinajstić information content (AvgIpc) is 2.25. The van der Waals surface area contributed by atoms with E-state index in [-0.39, 0.29) is 11.5 Å². The Morgan fingerprint density at radius 1 is 1.38 bits per heavy atom. The highest BCUT2D eigenvalue weighted by atomic mass is 16.6. The molecule has 0 heterocycles. The largest absolute Gasteiger partial charge is 0.493 e. The summed E-state index contributed by atoms with van der Waals surface area (Å²) in [6.07, 6.45) is 0.317. The summed E-state index contributed by atoms with van der Waals surface area (Å²) in [5.74, 6) is 0.938. The Bertz CT molecular complexity index is 393. The minimum atomic E-state index is -0.368. The van der Waals surface area contributed by atoms with Crippen LogP contribution in [0, 0.1) is 10.1 Å². The van der Waals surface area contributed by atoms with Gasteiger partial charge in [-0.05, 0) is 17.7 Å². The van der Waals surface area contributed by atoms with Crippen LogP contribution in [0.3, 0.4) is 0 Å². The molecule has 0 aliphatic rings. The molecule has 0 fully saturated rings. The number of methoxy groups -OCH3 is 2. The van der Waals surface area contributed by atoms with Gasteiger partial charge < -0.3 is 15.2 Å². The first kappa shape index (κ1) is 12.1. The number of benzene rings is 1. The minimum Gasteiger partial charge on any atom is -0.493 e. The van der Waals surface area contributed by atoms with E-state index >= 15 is 0 Å². The van der Waals surface area contributed by atoms with E-state index in [9.17, 15) is 10.1 Å². The Labute approximate surface area is 93.1 Å². The van der Waals surface area contributed by atoms with Crippen molar-refractivity contribution in [2.45, 2.75) is 6.42 Å². The average molecular weight is 226 g/mol. The van der Waals surface area contributed by atoms with E-state index in [1.807, 2.05) is 0 Å². The molecule has 1 aromatic carbocycles. The van der Waals surface area contributed by atoms with Crippen molar-refractivity contribution in [3.05, 3.63) is 27.8 Å². The molecule has 1 rings (SSSR count). The summed E-state index contributed by atoms with van der Waals surface area (Å²) in [5.41, 5.74) is 6.91. The molecule has 0 radical (unpaired) electrons. The van der Waals surface area contributed by atoms with Gasteiger partial charge in [0.05, 0.1) is 19.9 Å². The summed E-state index contributed by atoms with van der Waals surface area (Å²) in [7, 11) is 2.99. The molecule has 0 bridgehead atoms. The van der Waals surface area contributed by atoms with Gasteiger partial charge in [0, 0.05) is 11.3 Å². The lowest BCUT2D eigenvalue weighted by Gasteiger charge is -2.11. The van der Waals surface area contributed by atoms with Gasteiger partial charge in [-0.25, -0.2) is 0 Å². The summed E-state index contributed by atoms with van der Waals surface area (Å²) < 4.78 is 10.2. The van der Waals surface area contributed by atoms with Crippen molar-refractivity contribution < 1.29 is 14.4 Å². The molecule has 2 N–H and O–H groups in total. The number of hydrogen-bond acceptors (Lipinski definition) is 5. The Balaban J connectivity index is 2.96. The number of ether oxygens (including phenoxy) is 2. The van der Waals surface area contributed by atoms with Crippen molar-refractivity contribution >= 4 is 5.69 Å². The van der Waals surface area contributed by atoms with E-state index in [4.69, 9.17) is 15.2 Å². The molecule has 0 amide bonds. The van der Waals surface area contributed by atoms with Gasteiger partial charge in [0.25, 0.3) is 0 Å². The van der Waals surface area contributed by atoms with Gasteiger partial charge in [-0.1, -0.05) is 0 Å². The van der Waals surface area contributed by atoms with Crippen molar-refractivity contribution in [1.29, 1.82) is 0 Å². The second kappa shape index (κ2) is 5.20. The summed E-state index contributed by atoms with van der Waals surface area (Å²) in [6.45, 7) is -0.130. The molecule has 16 heavy (non-hydrogen) atoms. The molecule has 0 atom stereocenters. The van der Waals surface area contributed by atoms with Gasteiger partial charge >= 0.3 is 0 Å². The van der Waals surface area contributed by atoms with E-state index in [1.54, 1.807) is 12.1 Å². The molecule has 0 spiro atoms. The van der Waals surface area contributed by atoms with Gasteiger partial charge in [-0.2, -0.15) is 0 Å². The highest BCUT2D eigenvalue weighted by Crippen LogP contribution is 2.34. The van der Waals surface area contributed by atoms with Crippen molar-refractivity contribution in [2.75, 3.05) is 26.5 Å². The van der Waals surface area contributed by atoms with Gasteiger partial charge in [0.2, 0.25) is 6.54 Å². The zero-order valence-electron chi connectivity index (χ0n) is 9.23. The predicted molar refractivity (Wildman–Crippen MR) is 59.5 cm³/mol. The normalized spacial score (nSPS) is 9.88. The van der Waals surface area contributed by atoms with Crippen LogP contribution in [0.1, 0.15) is 5.56 Å². The molecule has 0 aromatic heterocycles. The van der Waals surface area contributed by atoms with Crippen molar-refractivity contribution in [1.82, 2.24) is 0 Å². The van der Waals surface area contributed by atoms with E-state index in [1.165, 1.54) is 14.2 Å². The van der Waals surface area contributed by atoms with Crippen LogP contribution in [0.25, 0.3) is 0 Å². The Morgan fingerprint density at radius 3 is 2.56 bits per heavy atom. The van der Waals surface area contributed by atoms with Crippen LogP contribution < -0.4 is 15.2 Å². The molecule has 0 aliphatic heterocycles.